The van der Waals surface area contributed by atoms with Gasteiger partial charge < -0.3 is 10.5 Å². The van der Waals surface area contributed by atoms with E-state index < -0.39 is 18.7 Å². The standard InChI is InChI=1S/C11H14F3N3O2/c1-19-10(18)8-7(6-3-2-4-6)9(15)17(16-8)5-11(12,13)14/h6H,2-5,15H2,1H3. The smallest absolute Gasteiger partial charge is 0.408 e. The van der Waals surface area contributed by atoms with E-state index in [-0.39, 0.29) is 17.4 Å². The summed E-state index contributed by atoms with van der Waals surface area (Å²) in [7, 11) is 1.16. The quantitative estimate of drug-likeness (QED) is 0.859. The summed E-state index contributed by atoms with van der Waals surface area (Å²) >= 11 is 0. The molecule has 8 heteroatoms. The van der Waals surface area contributed by atoms with Crippen LogP contribution in [0.2, 0.25) is 0 Å². The number of rotatable bonds is 3. The predicted octanol–water partition coefficient (Wildman–Crippen LogP) is 2.08. The predicted molar refractivity (Wildman–Crippen MR) is 60.6 cm³/mol. The zero-order valence-electron chi connectivity index (χ0n) is 10.3. The topological polar surface area (TPSA) is 70.1 Å². The van der Waals surface area contributed by atoms with Crippen molar-refractivity contribution in [3.8, 4) is 0 Å². The molecule has 0 radical (unpaired) electrons. The molecule has 1 saturated carbocycles. The first-order valence-electron chi connectivity index (χ1n) is 5.84. The van der Waals surface area contributed by atoms with Crippen LogP contribution in [0.15, 0.2) is 0 Å². The van der Waals surface area contributed by atoms with Gasteiger partial charge in [-0.1, -0.05) is 6.42 Å². The van der Waals surface area contributed by atoms with Crippen molar-refractivity contribution in [3.05, 3.63) is 11.3 Å². The Bertz CT molecular complexity index is 492. The molecule has 0 aliphatic heterocycles. The molecular weight excluding hydrogens is 263 g/mol. The van der Waals surface area contributed by atoms with Crippen LogP contribution < -0.4 is 5.73 Å². The fourth-order valence-electron chi connectivity index (χ4n) is 2.13. The van der Waals surface area contributed by atoms with Crippen LogP contribution in [-0.2, 0) is 11.3 Å². The maximum atomic E-state index is 12.4. The van der Waals surface area contributed by atoms with Gasteiger partial charge in [-0.2, -0.15) is 18.3 Å². The summed E-state index contributed by atoms with van der Waals surface area (Å²) in [6.07, 6.45) is -1.88. The summed E-state index contributed by atoms with van der Waals surface area (Å²) in [5, 5.41) is 3.67. The lowest BCUT2D eigenvalue weighted by atomic mass is 9.79. The van der Waals surface area contributed by atoms with Crippen molar-refractivity contribution < 1.29 is 22.7 Å². The van der Waals surface area contributed by atoms with Gasteiger partial charge in [-0.05, 0) is 18.8 Å². The Balaban J connectivity index is 2.41. The Morgan fingerprint density at radius 1 is 1.53 bits per heavy atom. The van der Waals surface area contributed by atoms with E-state index in [2.05, 4.69) is 9.84 Å². The molecule has 0 unspecified atom stereocenters. The van der Waals surface area contributed by atoms with Crippen molar-refractivity contribution in [2.75, 3.05) is 12.8 Å². The van der Waals surface area contributed by atoms with Crippen molar-refractivity contribution in [1.82, 2.24) is 9.78 Å². The number of carbonyl (C=O) groups excluding carboxylic acids is 1. The SMILES string of the molecule is COC(=O)c1nn(CC(F)(F)F)c(N)c1C1CCC1. The lowest BCUT2D eigenvalue weighted by Gasteiger charge is -2.25. The van der Waals surface area contributed by atoms with Crippen molar-refractivity contribution >= 4 is 11.8 Å². The molecule has 0 atom stereocenters. The number of halogens is 3. The summed E-state index contributed by atoms with van der Waals surface area (Å²) in [6.45, 7) is -1.31. The molecule has 2 rings (SSSR count). The van der Waals surface area contributed by atoms with Crippen molar-refractivity contribution in [3.63, 3.8) is 0 Å². The monoisotopic (exact) mass is 277 g/mol. The van der Waals surface area contributed by atoms with E-state index in [1.54, 1.807) is 0 Å². The van der Waals surface area contributed by atoms with Crippen LogP contribution in [0.1, 0.15) is 41.2 Å². The van der Waals surface area contributed by atoms with Gasteiger partial charge in [0.25, 0.3) is 0 Å². The van der Waals surface area contributed by atoms with E-state index >= 15 is 0 Å². The molecule has 5 nitrogen and oxygen atoms in total. The number of anilines is 1. The fraction of sp³-hybridized carbons (Fsp3) is 0.636. The van der Waals surface area contributed by atoms with Crippen LogP contribution in [0.5, 0.6) is 0 Å². The number of alkyl halides is 3. The summed E-state index contributed by atoms with van der Waals surface area (Å²) in [6, 6.07) is 0. The van der Waals surface area contributed by atoms with Crippen LogP contribution in [0, 0.1) is 0 Å². The third-order valence-corrected chi connectivity index (χ3v) is 3.25. The van der Waals surface area contributed by atoms with Gasteiger partial charge in [0.2, 0.25) is 0 Å². The van der Waals surface area contributed by atoms with E-state index in [1.165, 1.54) is 0 Å². The minimum atomic E-state index is -4.44. The second-order valence-corrected chi connectivity index (χ2v) is 4.54. The number of nitrogen functional groups attached to an aromatic ring is 1. The van der Waals surface area contributed by atoms with Crippen LogP contribution in [0.25, 0.3) is 0 Å². The van der Waals surface area contributed by atoms with E-state index in [4.69, 9.17) is 5.73 Å². The molecule has 2 N–H and O–H groups in total. The van der Waals surface area contributed by atoms with Gasteiger partial charge in [-0.15, -0.1) is 0 Å². The third kappa shape index (κ3) is 2.66. The van der Waals surface area contributed by atoms with Gasteiger partial charge in [-0.3, -0.25) is 0 Å². The fourth-order valence-corrected chi connectivity index (χ4v) is 2.13. The zero-order chi connectivity index (χ0) is 14.2. The van der Waals surface area contributed by atoms with Crippen LogP contribution >= 0.6 is 0 Å². The van der Waals surface area contributed by atoms with Gasteiger partial charge in [0.05, 0.1) is 7.11 Å². The van der Waals surface area contributed by atoms with Gasteiger partial charge in [0.1, 0.15) is 12.4 Å². The number of aromatic nitrogens is 2. The number of nitrogens with zero attached hydrogens (tertiary/aromatic N) is 2. The molecule has 1 aromatic heterocycles. The summed E-state index contributed by atoms with van der Waals surface area (Å²) in [4.78, 5) is 11.6. The highest BCUT2D eigenvalue weighted by atomic mass is 19.4. The normalized spacial score (nSPS) is 16.2. The van der Waals surface area contributed by atoms with E-state index in [0.717, 1.165) is 26.4 Å². The third-order valence-electron chi connectivity index (χ3n) is 3.25. The maximum absolute atomic E-state index is 12.4. The van der Waals surface area contributed by atoms with Gasteiger partial charge in [0.15, 0.2) is 5.69 Å². The first kappa shape index (κ1) is 13.7. The number of hydrogen-bond acceptors (Lipinski definition) is 4. The second-order valence-electron chi connectivity index (χ2n) is 4.54. The first-order chi connectivity index (χ1) is 8.83. The van der Waals surface area contributed by atoms with E-state index in [0.29, 0.717) is 10.2 Å². The van der Waals surface area contributed by atoms with Crippen molar-refractivity contribution in [2.24, 2.45) is 0 Å². The molecule has 0 saturated heterocycles. The molecule has 1 heterocycles. The van der Waals surface area contributed by atoms with E-state index in [9.17, 15) is 18.0 Å². The van der Waals surface area contributed by atoms with Gasteiger partial charge in [-0.25, -0.2) is 9.48 Å². The Labute approximate surface area is 107 Å². The van der Waals surface area contributed by atoms with Crippen LogP contribution in [0.3, 0.4) is 0 Å². The minimum absolute atomic E-state index is 0.00363. The lowest BCUT2D eigenvalue weighted by molar-refractivity contribution is -0.142. The average Bonchev–Trinajstić information content (AvgIpc) is 2.53. The molecule has 1 aromatic rings. The van der Waals surface area contributed by atoms with Crippen LogP contribution in [-0.4, -0.2) is 29.0 Å². The highest BCUT2D eigenvalue weighted by molar-refractivity contribution is 5.90. The molecule has 0 amide bonds. The number of methoxy groups -OCH3 is 1. The largest absolute Gasteiger partial charge is 0.464 e. The Kier molecular flexibility index (Phi) is 3.42. The molecule has 1 aliphatic rings. The Morgan fingerprint density at radius 3 is 2.58 bits per heavy atom. The average molecular weight is 277 g/mol. The highest BCUT2D eigenvalue weighted by Crippen LogP contribution is 2.41. The number of esters is 1. The Morgan fingerprint density at radius 2 is 2.16 bits per heavy atom. The molecule has 0 bridgehead atoms. The first-order valence-corrected chi connectivity index (χ1v) is 5.84. The highest BCUT2D eigenvalue weighted by Gasteiger charge is 2.35. The van der Waals surface area contributed by atoms with Gasteiger partial charge >= 0.3 is 12.1 Å². The maximum Gasteiger partial charge on any atom is 0.408 e. The van der Waals surface area contributed by atoms with Crippen molar-refractivity contribution in [2.45, 2.75) is 37.9 Å². The minimum Gasteiger partial charge on any atom is -0.464 e. The molecule has 106 valence electrons. The molecule has 0 aromatic carbocycles. The number of nitrogens with two attached hydrogens (primary N) is 1. The molecule has 1 fully saturated rings. The second kappa shape index (κ2) is 4.75. The lowest BCUT2D eigenvalue weighted by Crippen LogP contribution is -2.20. The van der Waals surface area contributed by atoms with Crippen LogP contribution in [0.4, 0.5) is 19.0 Å². The molecule has 0 spiro atoms. The zero-order valence-corrected chi connectivity index (χ0v) is 10.3. The number of carbonyl (C=O) groups is 1. The summed E-state index contributed by atoms with van der Waals surface area (Å²) < 4.78 is 42.4. The number of ether oxygens (including phenoxy) is 1. The summed E-state index contributed by atoms with van der Waals surface area (Å²) in [5.41, 5.74) is 6.00. The van der Waals surface area contributed by atoms with Crippen molar-refractivity contribution in [1.29, 1.82) is 0 Å². The molecular formula is C11H14F3N3O2. The molecule has 1 aliphatic carbocycles. The van der Waals surface area contributed by atoms with Gasteiger partial charge in [0, 0.05) is 5.56 Å². The number of hydrogen-bond donors (Lipinski definition) is 1. The summed E-state index contributed by atoms with van der Waals surface area (Å²) in [5.74, 6) is -0.854. The van der Waals surface area contributed by atoms with E-state index in [1.807, 2.05) is 0 Å². The Hall–Kier alpha value is -1.73. The molecule has 19 heavy (non-hydrogen) atoms.